The van der Waals surface area contributed by atoms with Crippen molar-refractivity contribution in [1.82, 2.24) is 9.88 Å². The first kappa shape index (κ1) is 14.9. The lowest BCUT2D eigenvalue weighted by Gasteiger charge is -2.19. The molecule has 0 radical (unpaired) electrons. The SMILES string of the molecule is CO[C@@H](C)CN(C)Cc1scnc1-c1cc(Cl)cs1. The fourth-order valence-corrected chi connectivity index (χ4v) is 3.86. The van der Waals surface area contributed by atoms with E-state index in [4.69, 9.17) is 16.3 Å². The summed E-state index contributed by atoms with van der Waals surface area (Å²) in [5.41, 5.74) is 2.95. The molecule has 0 aliphatic carbocycles. The second-order valence-electron chi connectivity index (χ2n) is 4.50. The van der Waals surface area contributed by atoms with E-state index < -0.39 is 0 Å². The zero-order valence-corrected chi connectivity index (χ0v) is 13.6. The monoisotopic (exact) mass is 316 g/mol. The van der Waals surface area contributed by atoms with Gasteiger partial charge in [0.15, 0.2) is 0 Å². The van der Waals surface area contributed by atoms with Gasteiger partial charge in [-0.1, -0.05) is 11.6 Å². The molecule has 0 fully saturated rings. The summed E-state index contributed by atoms with van der Waals surface area (Å²) in [5, 5.41) is 2.72. The lowest BCUT2D eigenvalue weighted by atomic mass is 10.3. The maximum atomic E-state index is 5.98. The Morgan fingerprint density at radius 1 is 1.47 bits per heavy atom. The van der Waals surface area contributed by atoms with Crippen LogP contribution in [-0.4, -0.2) is 36.7 Å². The van der Waals surface area contributed by atoms with E-state index in [9.17, 15) is 0 Å². The van der Waals surface area contributed by atoms with Crippen LogP contribution in [0.15, 0.2) is 17.0 Å². The number of aromatic nitrogens is 1. The molecule has 2 aromatic rings. The first-order valence-corrected chi connectivity index (χ1v) is 8.12. The molecular weight excluding hydrogens is 300 g/mol. The highest BCUT2D eigenvalue weighted by Gasteiger charge is 2.14. The van der Waals surface area contributed by atoms with Crippen molar-refractivity contribution in [3.05, 3.63) is 26.9 Å². The molecule has 0 spiro atoms. The molecule has 1 atom stereocenters. The van der Waals surface area contributed by atoms with E-state index in [0.29, 0.717) is 0 Å². The van der Waals surface area contributed by atoms with E-state index in [2.05, 4.69) is 23.9 Å². The van der Waals surface area contributed by atoms with Crippen molar-refractivity contribution in [2.24, 2.45) is 0 Å². The number of hydrogen-bond donors (Lipinski definition) is 0. The van der Waals surface area contributed by atoms with Crippen molar-refractivity contribution < 1.29 is 4.74 Å². The van der Waals surface area contributed by atoms with Crippen LogP contribution in [0.1, 0.15) is 11.8 Å². The first-order chi connectivity index (χ1) is 9.10. The molecule has 0 amide bonds. The van der Waals surface area contributed by atoms with Gasteiger partial charge in [0, 0.05) is 30.5 Å². The van der Waals surface area contributed by atoms with Gasteiger partial charge in [0.1, 0.15) is 0 Å². The summed E-state index contributed by atoms with van der Waals surface area (Å²) in [6.45, 7) is 3.85. The maximum absolute atomic E-state index is 5.98. The molecule has 2 rings (SSSR count). The minimum Gasteiger partial charge on any atom is -0.380 e. The van der Waals surface area contributed by atoms with Gasteiger partial charge in [0.2, 0.25) is 0 Å². The van der Waals surface area contributed by atoms with Crippen LogP contribution in [0.2, 0.25) is 5.02 Å². The molecule has 3 nitrogen and oxygen atoms in total. The second-order valence-corrected chi connectivity index (χ2v) is 6.78. The summed E-state index contributed by atoms with van der Waals surface area (Å²) in [6.07, 6.45) is 0.234. The fraction of sp³-hybridized carbons (Fsp3) is 0.462. The van der Waals surface area contributed by atoms with Crippen molar-refractivity contribution in [1.29, 1.82) is 0 Å². The maximum Gasteiger partial charge on any atom is 0.0956 e. The van der Waals surface area contributed by atoms with Crippen molar-refractivity contribution in [2.45, 2.75) is 19.6 Å². The van der Waals surface area contributed by atoms with Crippen LogP contribution in [0, 0.1) is 0 Å². The lowest BCUT2D eigenvalue weighted by Crippen LogP contribution is -2.27. The zero-order valence-electron chi connectivity index (χ0n) is 11.2. The number of hydrogen-bond acceptors (Lipinski definition) is 5. The number of ether oxygens (including phenoxy) is 1. The average molecular weight is 317 g/mol. The molecule has 6 heteroatoms. The fourth-order valence-electron chi connectivity index (χ4n) is 1.84. The molecule has 0 N–H and O–H groups in total. The molecule has 2 aromatic heterocycles. The number of thiazole rings is 1. The average Bonchev–Trinajstić information content (AvgIpc) is 2.97. The summed E-state index contributed by atoms with van der Waals surface area (Å²) in [5.74, 6) is 0. The number of thiophene rings is 1. The zero-order chi connectivity index (χ0) is 13.8. The number of rotatable bonds is 6. The first-order valence-electron chi connectivity index (χ1n) is 5.98. The van der Waals surface area contributed by atoms with Crippen LogP contribution in [0.4, 0.5) is 0 Å². The Balaban J connectivity index is 2.08. The van der Waals surface area contributed by atoms with Gasteiger partial charge in [-0.3, -0.25) is 4.90 Å². The molecule has 0 bridgehead atoms. The Kier molecular flexibility index (Phi) is 5.36. The second kappa shape index (κ2) is 6.81. The highest BCUT2D eigenvalue weighted by Crippen LogP contribution is 2.33. The molecular formula is C13H17ClN2OS2. The molecule has 0 unspecified atom stereocenters. The van der Waals surface area contributed by atoms with Crippen molar-refractivity contribution in [3.63, 3.8) is 0 Å². The molecule has 0 saturated carbocycles. The Labute approximate surface area is 126 Å². The van der Waals surface area contributed by atoms with Gasteiger partial charge in [-0.15, -0.1) is 22.7 Å². The van der Waals surface area contributed by atoms with Gasteiger partial charge < -0.3 is 4.74 Å². The predicted molar refractivity (Wildman–Crippen MR) is 83.2 cm³/mol. The highest BCUT2D eigenvalue weighted by atomic mass is 35.5. The molecule has 0 aliphatic rings. The van der Waals surface area contributed by atoms with Crippen LogP contribution in [0.5, 0.6) is 0 Å². The van der Waals surface area contributed by atoms with Crippen molar-refractivity contribution >= 4 is 34.3 Å². The topological polar surface area (TPSA) is 25.4 Å². The molecule has 104 valence electrons. The minimum atomic E-state index is 0.234. The van der Waals surface area contributed by atoms with E-state index in [1.165, 1.54) is 4.88 Å². The standard InChI is InChI=1S/C13H17ClN2OS2/c1-9(17-3)5-16(2)6-12-13(15-8-19-12)11-4-10(14)7-18-11/h4,7-9H,5-6H2,1-3H3/t9-/m0/s1. The van der Waals surface area contributed by atoms with Gasteiger partial charge in [0.25, 0.3) is 0 Å². The summed E-state index contributed by atoms with van der Waals surface area (Å²) in [6, 6.07) is 1.97. The normalized spacial score (nSPS) is 13.1. The third kappa shape index (κ3) is 4.00. The molecule has 19 heavy (non-hydrogen) atoms. The van der Waals surface area contributed by atoms with E-state index in [0.717, 1.165) is 28.7 Å². The van der Waals surface area contributed by atoms with E-state index in [1.807, 2.05) is 17.0 Å². The Morgan fingerprint density at radius 3 is 2.89 bits per heavy atom. The van der Waals surface area contributed by atoms with E-state index in [-0.39, 0.29) is 6.10 Å². The highest BCUT2D eigenvalue weighted by molar-refractivity contribution is 7.15. The summed E-state index contributed by atoms with van der Waals surface area (Å²) >= 11 is 9.30. The molecule has 0 aliphatic heterocycles. The van der Waals surface area contributed by atoms with E-state index >= 15 is 0 Å². The number of halogens is 1. The summed E-state index contributed by atoms with van der Waals surface area (Å²) in [4.78, 5) is 9.12. The number of likely N-dealkylation sites (N-methyl/N-ethyl adjacent to an activating group) is 1. The Bertz CT molecular complexity index is 526. The minimum absolute atomic E-state index is 0.234. The van der Waals surface area contributed by atoms with Gasteiger partial charge in [0.05, 0.1) is 27.2 Å². The molecule has 0 saturated heterocycles. The predicted octanol–water partition coefficient (Wildman–Crippen LogP) is 3.99. The van der Waals surface area contributed by atoms with Crippen LogP contribution >= 0.6 is 34.3 Å². The van der Waals surface area contributed by atoms with Gasteiger partial charge >= 0.3 is 0 Å². The summed E-state index contributed by atoms with van der Waals surface area (Å²) < 4.78 is 5.29. The van der Waals surface area contributed by atoms with Gasteiger partial charge in [-0.05, 0) is 20.0 Å². The summed E-state index contributed by atoms with van der Waals surface area (Å²) in [7, 11) is 3.84. The molecule has 0 aromatic carbocycles. The van der Waals surface area contributed by atoms with E-state index in [1.54, 1.807) is 29.8 Å². The van der Waals surface area contributed by atoms with Crippen molar-refractivity contribution in [3.8, 4) is 10.6 Å². The quantitative estimate of drug-likeness (QED) is 0.805. The van der Waals surface area contributed by atoms with Gasteiger partial charge in [-0.2, -0.15) is 0 Å². The van der Waals surface area contributed by atoms with Crippen LogP contribution in [0.25, 0.3) is 10.6 Å². The Morgan fingerprint density at radius 2 is 2.26 bits per heavy atom. The lowest BCUT2D eigenvalue weighted by molar-refractivity contribution is 0.0840. The van der Waals surface area contributed by atoms with Gasteiger partial charge in [-0.25, -0.2) is 4.98 Å². The largest absolute Gasteiger partial charge is 0.380 e. The smallest absolute Gasteiger partial charge is 0.0956 e. The number of methoxy groups -OCH3 is 1. The number of nitrogens with zero attached hydrogens (tertiary/aromatic N) is 2. The molecule has 2 heterocycles. The third-order valence-corrected chi connectivity index (χ3v) is 4.93. The van der Waals surface area contributed by atoms with Crippen LogP contribution < -0.4 is 0 Å². The van der Waals surface area contributed by atoms with Crippen LogP contribution in [0.3, 0.4) is 0 Å². The van der Waals surface area contributed by atoms with Crippen molar-refractivity contribution in [2.75, 3.05) is 20.7 Å². The Hall–Kier alpha value is -0.460. The van der Waals surface area contributed by atoms with Crippen LogP contribution in [-0.2, 0) is 11.3 Å². The third-order valence-electron chi connectivity index (χ3n) is 2.83.